The van der Waals surface area contributed by atoms with Crippen molar-refractivity contribution in [2.24, 2.45) is 0 Å². The number of nitrogens with one attached hydrogen (secondary N) is 1. The minimum absolute atomic E-state index is 0.0521. The van der Waals surface area contributed by atoms with E-state index in [9.17, 15) is 18.5 Å². The number of hydrogen-bond donors (Lipinski definition) is 1. The number of hydrogen-bond acceptors (Lipinski definition) is 5. The first-order chi connectivity index (χ1) is 14.4. The predicted octanol–water partition coefficient (Wildman–Crippen LogP) is 3.20. The summed E-state index contributed by atoms with van der Waals surface area (Å²) in [6, 6.07) is 15.4. The molecule has 1 fully saturated rings. The maximum atomic E-state index is 12.8. The van der Waals surface area contributed by atoms with Gasteiger partial charge in [0.25, 0.3) is 0 Å². The highest BCUT2D eigenvalue weighted by atomic mass is 32.2. The first-order valence-corrected chi connectivity index (χ1v) is 11.5. The molecule has 1 aliphatic rings. The van der Waals surface area contributed by atoms with Crippen molar-refractivity contribution >= 4 is 27.3 Å². The molecule has 0 bridgehead atoms. The lowest BCUT2D eigenvalue weighted by Crippen LogP contribution is -2.35. The molecule has 3 rings (SSSR count). The van der Waals surface area contributed by atoms with E-state index in [1.165, 1.54) is 32.0 Å². The smallest absolute Gasteiger partial charge is 0.244 e. The summed E-state index contributed by atoms with van der Waals surface area (Å²) in [7, 11) is -2.63. The fourth-order valence-electron chi connectivity index (χ4n) is 3.60. The third-order valence-electron chi connectivity index (χ3n) is 5.19. The van der Waals surface area contributed by atoms with Crippen LogP contribution in [0.4, 0.5) is 11.4 Å². The Labute approximate surface area is 178 Å². The van der Waals surface area contributed by atoms with Gasteiger partial charge in [-0.05, 0) is 37.1 Å². The highest BCUT2D eigenvalue weighted by molar-refractivity contribution is 7.89. The van der Waals surface area contributed by atoms with Gasteiger partial charge >= 0.3 is 0 Å². The molecule has 1 amide bonds. The second-order valence-electron chi connectivity index (χ2n) is 7.34. The number of nitrogens with zero attached hydrogens (tertiary/aromatic N) is 3. The first-order valence-electron chi connectivity index (χ1n) is 10.0. The van der Waals surface area contributed by atoms with Crippen LogP contribution in [0.3, 0.4) is 0 Å². The average Bonchev–Trinajstić information content (AvgIpc) is 3.03. The lowest BCUT2D eigenvalue weighted by atomic mass is 10.2. The summed E-state index contributed by atoms with van der Waals surface area (Å²) in [5.74, 6) is -0.433. The van der Waals surface area contributed by atoms with E-state index < -0.39 is 15.9 Å². The first kappa shape index (κ1) is 21.8. The molecule has 0 radical (unpaired) electrons. The minimum atomic E-state index is -3.96. The Bertz CT molecular complexity index is 1040. The molecule has 0 unspecified atom stereocenters. The number of rotatable bonds is 6. The lowest BCUT2D eigenvalue weighted by molar-refractivity contribution is -0.116. The minimum Gasteiger partial charge on any atom is -0.370 e. The number of nitriles is 1. The number of amides is 1. The fourth-order valence-corrected chi connectivity index (χ4v) is 4.86. The van der Waals surface area contributed by atoms with E-state index >= 15 is 0 Å². The SMILES string of the molecule is CN(CC(=O)Nc1ccccc1N1CCCCCC1)S(=O)(=O)c1ccccc1C#N. The number of para-hydroxylation sites is 2. The van der Waals surface area contributed by atoms with Gasteiger partial charge in [-0.25, -0.2) is 8.42 Å². The van der Waals surface area contributed by atoms with Crippen molar-refractivity contribution in [2.45, 2.75) is 30.6 Å². The average molecular weight is 427 g/mol. The van der Waals surface area contributed by atoms with Crippen LogP contribution in [-0.4, -0.2) is 45.3 Å². The quantitative estimate of drug-likeness (QED) is 0.766. The third kappa shape index (κ3) is 4.99. The molecule has 0 aromatic heterocycles. The molecular weight excluding hydrogens is 400 g/mol. The Hall–Kier alpha value is -2.89. The van der Waals surface area contributed by atoms with Crippen molar-refractivity contribution in [1.29, 1.82) is 5.26 Å². The third-order valence-corrected chi connectivity index (χ3v) is 7.05. The van der Waals surface area contributed by atoms with E-state index in [2.05, 4.69) is 10.2 Å². The molecule has 30 heavy (non-hydrogen) atoms. The normalized spacial score (nSPS) is 14.8. The zero-order chi connectivity index (χ0) is 21.6. The summed E-state index contributed by atoms with van der Waals surface area (Å²) in [4.78, 5) is 14.8. The molecular formula is C22H26N4O3S. The number of likely N-dealkylation sites (N-methyl/N-ethyl adjacent to an activating group) is 1. The number of carbonyl (C=O) groups excluding carboxylic acids is 1. The highest BCUT2D eigenvalue weighted by Gasteiger charge is 2.26. The van der Waals surface area contributed by atoms with Crippen LogP contribution in [-0.2, 0) is 14.8 Å². The van der Waals surface area contributed by atoms with Gasteiger partial charge in [0, 0.05) is 20.1 Å². The van der Waals surface area contributed by atoms with Gasteiger partial charge < -0.3 is 10.2 Å². The van der Waals surface area contributed by atoms with E-state index in [1.807, 2.05) is 30.3 Å². The number of sulfonamides is 1. The number of carbonyl (C=O) groups is 1. The van der Waals surface area contributed by atoms with Crippen LogP contribution in [0.5, 0.6) is 0 Å². The van der Waals surface area contributed by atoms with Gasteiger partial charge in [-0.1, -0.05) is 37.1 Å². The van der Waals surface area contributed by atoms with Crippen LogP contribution >= 0.6 is 0 Å². The second-order valence-corrected chi connectivity index (χ2v) is 9.35. The zero-order valence-electron chi connectivity index (χ0n) is 17.0. The van der Waals surface area contributed by atoms with Gasteiger partial charge in [0.2, 0.25) is 15.9 Å². The Morgan fingerprint density at radius 1 is 1.07 bits per heavy atom. The highest BCUT2D eigenvalue weighted by Crippen LogP contribution is 2.28. The second kappa shape index (κ2) is 9.74. The summed E-state index contributed by atoms with van der Waals surface area (Å²) < 4.78 is 26.6. The molecule has 1 heterocycles. The van der Waals surface area contributed by atoms with Gasteiger partial charge in [-0.15, -0.1) is 0 Å². The molecule has 2 aromatic carbocycles. The maximum absolute atomic E-state index is 12.8. The van der Waals surface area contributed by atoms with E-state index in [1.54, 1.807) is 12.1 Å². The van der Waals surface area contributed by atoms with Crippen molar-refractivity contribution in [3.63, 3.8) is 0 Å². The molecule has 158 valence electrons. The number of anilines is 2. The predicted molar refractivity (Wildman–Crippen MR) is 117 cm³/mol. The summed E-state index contributed by atoms with van der Waals surface area (Å²) >= 11 is 0. The molecule has 0 saturated carbocycles. The van der Waals surface area contributed by atoms with Crippen LogP contribution < -0.4 is 10.2 Å². The van der Waals surface area contributed by atoms with Crippen LogP contribution in [0.15, 0.2) is 53.4 Å². The Balaban J connectivity index is 1.74. The standard InChI is InChI=1S/C22H26N4O3S/c1-25(30(28,29)21-13-7-4-10-18(21)16-23)17-22(27)24-19-11-5-6-12-20(19)26-14-8-2-3-9-15-26/h4-7,10-13H,2-3,8-9,14-15,17H2,1H3,(H,24,27). The van der Waals surface area contributed by atoms with E-state index in [0.29, 0.717) is 5.69 Å². The zero-order valence-corrected chi connectivity index (χ0v) is 17.9. The molecule has 8 heteroatoms. The van der Waals surface area contributed by atoms with Gasteiger partial charge in [0.15, 0.2) is 0 Å². The Morgan fingerprint density at radius 3 is 2.40 bits per heavy atom. The van der Waals surface area contributed by atoms with E-state index in [4.69, 9.17) is 0 Å². The maximum Gasteiger partial charge on any atom is 0.244 e. The van der Waals surface area contributed by atoms with Gasteiger partial charge in [-0.2, -0.15) is 9.57 Å². The molecule has 2 aromatic rings. The van der Waals surface area contributed by atoms with Crippen LogP contribution in [0.1, 0.15) is 31.2 Å². The molecule has 1 aliphatic heterocycles. The van der Waals surface area contributed by atoms with Crippen LogP contribution in [0, 0.1) is 11.3 Å². The number of benzene rings is 2. The lowest BCUT2D eigenvalue weighted by Gasteiger charge is -2.26. The largest absolute Gasteiger partial charge is 0.370 e. The molecule has 0 aliphatic carbocycles. The van der Waals surface area contributed by atoms with Crippen molar-refractivity contribution < 1.29 is 13.2 Å². The van der Waals surface area contributed by atoms with E-state index in [-0.39, 0.29) is 17.0 Å². The fraction of sp³-hybridized carbons (Fsp3) is 0.364. The molecule has 1 saturated heterocycles. The summed E-state index contributed by atoms with van der Waals surface area (Å²) in [5.41, 5.74) is 1.68. The van der Waals surface area contributed by atoms with Gasteiger partial charge in [-0.3, -0.25) is 4.79 Å². The molecule has 0 spiro atoms. The Morgan fingerprint density at radius 2 is 1.70 bits per heavy atom. The monoisotopic (exact) mass is 426 g/mol. The van der Waals surface area contributed by atoms with E-state index in [0.717, 1.165) is 35.9 Å². The molecule has 0 atom stereocenters. The summed E-state index contributed by atoms with van der Waals surface area (Å²) in [5, 5.41) is 12.1. The molecule has 7 nitrogen and oxygen atoms in total. The van der Waals surface area contributed by atoms with Crippen molar-refractivity contribution in [2.75, 3.05) is 36.9 Å². The van der Waals surface area contributed by atoms with Crippen molar-refractivity contribution in [3.05, 3.63) is 54.1 Å². The van der Waals surface area contributed by atoms with Crippen molar-refractivity contribution in [3.8, 4) is 6.07 Å². The van der Waals surface area contributed by atoms with Gasteiger partial charge in [0.1, 0.15) is 6.07 Å². The van der Waals surface area contributed by atoms with Crippen LogP contribution in [0.25, 0.3) is 0 Å². The summed E-state index contributed by atoms with van der Waals surface area (Å²) in [6.07, 6.45) is 4.64. The summed E-state index contributed by atoms with van der Waals surface area (Å²) in [6.45, 7) is 1.52. The molecule has 1 N–H and O–H groups in total. The van der Waals surface area contributed by atoms with Crippen molar-refractivity contribution in [1.82, 2.24) is 4.31 Å². The van der Waals surface area contributed by atoms with Gasteiger partial charge in [0.05, 0.1) is 28.4 Å². The topological polar surface area (TPSA) is 93.5 Å². The van der Waals surface area contributed by atoms with Crippen LogP contribution in [0.2, 0.25) is 0 Å². The Kier molecular flexibility index (Phi) is 7.08.